The quantitative estimate of drug-likeness (QED) is 0.897. The van der Waals surface area contributed by atoms with Crippen LogP contribution in [0.4, 0.5) is 0 Å². The molecule has 1 N–H and O–H groups in total. The van der Waals surface area contributed by atoms with Crippen molar-refractivity contribution in [3.63, 3.8) is 0 Å². The van der Waals surface area contributed by atoms with Crippen molar-refractivity contribution in [1.82, 2.24) is 15.1 Å². The van der Waals surface area contributed by atoms with Gasteiger partial charge in [-0.25, -0.2) is 0 Å². The minimum Gasteiger partial charge on any atom is -0.310 e. The molecule has 20 heavy (non-hydrogen) atoms. The van der Waals surface area contributed by atoms with E-state index in [9.17, 15) is 0 Å². The van der Waals surface area contributed by atoms with Crippen molar-refractivity contribution in [2.24, 2.45) is 7.05 Å². The van der Waals surface area contributed by atoms with Gasteiger partial charge in [0.05, 0.1) is 5.69 Å². The van der Waals surface area contributed by atoms with Crippen molar-refractivity contribution in [2.75, 3.05) is 6.54 Å². The van der Waals surface area contributed by atoms with Crippen LogP contribution in [0.3, 0.4) is 0 Å². The summed E-state index contributed by atoms with van der Waals surface area (Å²) < 4.78 is 1.95. The van der Waals surface area contributed by atoms with E-state index in [-0.39, 0.29) is 0 Å². The summed E-state index contributed by atoms with van der Waals surface area (Å²) in [6.45, 7) is 9.65. The number of rotatable bonds is 5. The van der Waals surface area contributed by atoms with Crippen molar-refractivity contribution in [3.8, 4) is 11.1 Å². The molecule has 0 fully saturated rings. The van der Waals surface area contributed by atoms with Gasteiger partial charge in [-0.3, -0.25) is 4.68 Å². The van der Waals surface area contributed by atoms with Crippen LogP contribution in [0.1, 0.15) is 43.3 Å². The summed E-state index contributed by atoms with van der Waals surface area (Å²) in [6, 6.07) is 9.25. The van der Waals surface area contributed by atoms with Crippen molar-refractivity contribution in [1.29, 1.82) is 0 Å². The van der Waals surface area contributed by atoms with Crippen molar-refractivity contribution < 1.29 is 0 Å². The molecule has 1 aromatic carbocycles. The number of nitrogens with zero attached hydrogens (tertiary/aromatic N) is 2. The predicted molar refractivity (Wildman–Crippen MR) is 84.8 cm³/mol. The molecule has 2 rings (SSSR count). The van der Waals surface area contributed by atoms with Crippen LogP contribution in [0.25, 0.3) is 11.1 Å². The van der Waals surface area contributed by atoms with E-state index in [4.69, 9.17) is 0 Å². The van der Waals surface area contributed by atoms with Crippen LogP contribution in [-0.2, 0) is 7.05 Å². The molecule has 0 radical (unpaired) electrons. The average Bonchev–Trinajstić information content (AvgIpc) is 2.70. The highest BCUT2D eigenvalue weighted by Crippen LogP contribution is 2.27. The Labute approximate surface area is 122 Å². The Morgan fingerprint density at radius 1 is 1.20 bits per heavy atom. The molecule has 1 atom stereocenters. The van der Waals surface area contributed by atoms with E-state index in [1.54, 1.807) is 0 Å². The van der Waals surface area contributed by atoms with E-state index in [2.05, 4.69) is 62.4 Å². The first-order valence-corrected chi connectivity index (χ1v) is 7.38. The molecule has 0 saturated carbocycles. The second kappa shape index (κ2) is 6.23. The number of aromatic nitrogens is 2. The molecule has 108 valence electrons. The van der Waals surface area contributed by atoms with Crippen LogP contribution in [0.5, 0.6) is 0 Å². The van der Waals surface area contributed by atoms with Gasteiger partial charge in [0.25, 0.3) is 0 Å². The Hall–Kier alpha value is -1.61. The van der Waals surface area contributed by atoms with Crippen LogP contribution in [-0.4, -0.2) is 16.3 Å². The van der Waals surface area contributed by atoms with Gasteiger partial charge >= 0.3 is 0 Å². The maximum absolute atomic E-state index is 4.49. The molecule has 0 spiro atoms. The van der Waals surface area contributed by atoms with Crippen molar-refractivity contribution in [2.45, 2.75) is 40.2 Å². The zero-order chi connectivity index (χ0) is 14.7. The second-order valence-corrected chi connectivity index (χ2v) is 5.47. The van der Waals surface area contributed by atoms with E-state index < -0.39 is 0 Å². The van der Waals surface area contributed by atoms with E-state index in [0.29, 0.717) is 6.04 Å². The maximum Gasteiger partial charge on any atom is 0.0674 e. The number of hydrogen-bond donors (Lipinski definition) is 1. The van der Waals surface area contributed by atoms with Gasteiger partial charge < -0.3 is 5.32 Å². The van der Waals surface area contributed by atoms with Gasteiger partial charge in [-0.15, -0.1) is 0 Å². The fraction of sp³-hybridized carbons (Fsp3) is 0.471. The summed E-state index contributed by atoms with van der Waals surface area (Å²) in [6.07, 6.45) is 1.16. The summed E-state index contributed by atoms with van der Waals surface area (Å²) in [5, 5.41) is 8.01. The second-order valence-electron chi connectivity index (χ2n) is 5.47. The number of hydrogen-bond acceptors (Lipinski definition) is 2. The molecule has 0 aliphatic carbocycles. The average molecular weight is 271 g/mol. The maximum atomic E-state index is 4.49. The Morgan fingerprint density at radius 3 is 2.35 bits per heavy atom. The van der Waals surface area contributed by atoms with E-state index in [1.165, 1.54) is 22.4 Å². The van der Waals surface area contributed by atoms with Crippen LogP contribution in [0.15, 0.2) is 24.3 Å². The van der Waals surface area contributed by atoms with E-state index >= 15 is 0 Å². The molecule has 2 aromatic rings. The van der Waals surface area contributed by atoms with Crippen LogP contribution < -0.4 is 5.32 Å². The smallest absolute Gasteiger partial charge is 0.0674 e. The third-order valence-electron chi connectivity index (χ3n) is 3.91. The summed E-state index contributed by atoms with van der Waals surface area (Å²) in [4.78, 5) is 0. The topological polar surface area (TPSA) is 29.9 Å². The molecular formula is C17H25N3. The third kappa shape index (κ3) is 2.93. The highest BCUT2D eigenvalue weighted by atomic mass is 15.3. The first-order chi connectivity index (χ1) is 9.54. The third-order valence-corrected chi connectivity index (χ3v) is 3.91. The van der Waals surface area contributed by atoms with Gasteiger partial charge in [0.15, 0.2) is 0 Å². The normalized spacial score (nSPS) is 12.7. The zero-order valence-corrected chi connectivity index (χ0v) is 13.2. The van der Waals surface area contributed by atoms with Gasteiger partial charge in [-0.2, -0.15) is 5.10 Å². The molecule has 0 bridgehead atoms. The predicted octanol–water partition coefficient (Wildman–Crippen LogP) is 3.76. The highest BCUT2D eigenvalue weighted by molar-refractivity contribution is 5.68. The van der Waals surface area contributed by atoms with Crippen molar-refractivity contribution >= 4 is 0 Å². The molecular weight excluding hydrogens is 246 g/mol. The Balaban J connectivity index is 2.24. The molecule has 3 heteroatoms. The fourth-order valence-corrected chi connectivity index (χ4v) is 2.61. The molecule has 0 saturated heterocycles. The minimum absolute atomic E-state index is 0.403. The minimum atomic E-state index is 0.403. The van der Waals surface area contributed by atoms with Crippen LogP contribution >= 0.6 is 0 Å². The molecule has 0 aliphatic heterocycles. The lowest BCUT2D eigenvalue weighted by Crippen LogP contribution is -2.19. The Morgan fingerprint density at radius 2 is 1.85 bits per heavy atom. The summed E-state index contributed by atoms with van der Waals surface area (Å²) in [7, 11) is 2.00. The summed E-state index contributed by atoms with van der Waals surface area (Å²) in [5.74, 6) is 0. The fourth-order valence-electron chi connectivity index (χ4n) is 2.61. The molecule has 1 heterocycles. The number of aryl methyl sites for hydroxylation is 2. The SMILES string of the molecule is CCCNC(C)c1ccc(-c2c(C)nn(C)c2C)cc1. The Bertz CT molecular complexity index is 567. The van der Waals surface area contributed by atoms with Crippen molar-refractivity contribution in [3.05, 3.63) is 41.2 Å². The number of benzene rings is 1. The lowest BCUT2D eigenvalue weighted by Gasteiger charge is -2.14. The first kappa shape index (κ1) is 14.8. The summed E-state index contributed by atoms with van der Waals surface area (Å²) >= 11 is 0. The molecule has 3 nitrogen and oxygen atoms in total. The lowest BCUT2D eigenvalue weighted by atomic mass is 10.00. The van der Waals surface area contributed by atoms with E-state index in [1.807, 2.05) is 11.7 Å². The van der Waals surface area contributed by atoms with Crippen LogP contribution in [0.2, 0.25) is 0 Å². The molecule has 1 aromatic heterocycles. The highest BCUT2D eigenvalue weighted by Gasteiger charge is 2.12. The number of nitrogens with one attached hydrogen (secondary N) is 1. The zero-order valence-electron chi connectivity index (χ0n) is 13.2. The molecule has 1 unspecified atom stereocenters. The van der Waals surface area contributed by atoms with E-state index in [0.717, 1.165) is 18.7 Å². The first-order valence-electron chi connectivity index (χ1n) is 7.38. The van der Waals surface area contributed by atoms with Gasteiger partial charge in [0, 0.05) is 24.3 Å². The monoisotopic (exact) mass is 271 g/mol. The molecule has 0 amide bonds. The molecule has 0 aliphatic rings. The largest absolute Gasteiger partial charge is 0.310 e. The lowest BCUT2D eigenvalue weighted by molar-refractivity contribution is 0.571. The standard InChI is InChI=1S/C17H25N3/c1-6-11-18-12(2)15-7-9-16(10-8-15)17-13(3)19-20(5)14(17)4/h7-10,12,18H,6,11H2,1-5H3. The van der Waals surface area contributed by atoms with Gasteiger partial charge in [0.1, 0.15) is 0 Å². The Kier molecular flexibility index (Phi) is 4.61. The van der Waals surface area contributed by atoms with Crippen LogP contribution in [0, 0.1) is 13.8 Å². The van der Waals surface area contributed by atoms with Gasteiger partial charge in [0.2, 0.25) is 0 Å². The summed E-state index contributed by atoms with van der Waals surface area (Å²) in [5.41, 5.74) is 6.15. The van der Waals surface area contributed by atoms with Gasteiger partial charge in [-0.05, 0) is 44.9 Å². The van der Waals surface area contributed by atoms with Gasteiger partial charge in [-0.1, -0.05) is 31.2 Å².